The van der Waals surface area contributed by atoms with Gasteiger partial charge in [-0.2, -0.15) is 0 Å². The molecule has 0 fully saturated rings. The molecule has 0 N–H and O–H groups in total. The predicted octanol–water partition coefficient (Wildman–Crippen LogP) is 6.47. The number of hydrogen-bond donors (Lipinski definition) is 0. The Bertz CT molecular complexity index is 617. The van der Waals surface area contributed by atoms with E-state index in [1.54, 1.807) is 0 Å². The lowest BCUT2D eigenvalue weighted by molar-refractivity contribution is 0.311. The molecule has 1 nitrogen and oxygen atoms in total. The molecule has 0 radical (unpaired) electrons. The molecule has 0 aliphatic rings. The quantitative estimate of drug-likeness (QED) is 0.337. The highest BCUT2D eigenvalue weighted by Gasteiger charge is 2.36. The minimum atomic E-state index is -1.62. The third-order valence-electron chi connectivity index (χ3n) is 4.56. The summed E-state index contributed by atoms with van der Waals surface area (Å²) < 4.78 is 6.25. The van der Waals surface area contributed by atoms with Crippen LogP contribution in [-0.4, -0.2) is 20.7 Å². The molecule has 0 bridgehead atoms. The van der Waals surface area contributed by atoms with Gasteiger partial charge in [0.2, 0.25) is 0 Å². The van der Waals surface area contributed by atoms with Gasteiger partial charge in [-0.3, -0.25) is 0 Å². The van der Waals surface area contributed by atoms with Gasteiger partial charge in [-0.15, -0.1) is 11.8 Å². The van der Waals surface area contributed by atoms with Crippen molar-refractivity contribution in [2.75, 3.05) is 12.4 Å². The zero-order valence-electron chi connectivity index (χ0n) is 14.9. The monoisotopic (exact) mass is 344 g/mol. The molecule has 2 aromatic carbocycles. The van der Waals surface area contributed by atoms with Crippen molar-refractivity contribution in [3.63, 3.8) is 0 Å². The Kier molecular flexibility index (Phi) is 6.12. The third-order valence-corrected chi connectivity index (χ3v) is 10.1. The Morgan fingerprint density at radius 2 is 1.57 bits per heavy atom. The molecule has 23 heavy (non-hydrogen) atoms. The van der Waals surface area contributed by atoms with Crippen LogP contribution in [0.5, 0.6) is 0 Å². The van der Waals surface area contributed by atoms with Crippen LogP contribution in [0.4, 0.5) is 0 Å². The van der Waals surface area contributed by atoms with Gasteiger partial charge in [0.15, 0.2) is 8.32 Å². The first-order valence-electron chi connectivity index (χ1n) is 8.22. The lowest BCUT2D eigenvalue weighted by Gasteiger charge is -2.36. The second-order valence-corrected chi connectivity index (χ2v) is 13.3. The van der Waals surface area contributed by atoms with Crippen molar-refractivity contribution in [3.05, 3.63) is 54.6 Å². The maximum absolute atomic E-state index is 6.25. The SMILES string of the molecule is CC(C)(C)[Si](C)(C)OCCSc1cccc(-c2ccccc2)c1. The van der Waals surface area contributed by atoms with Crippen molar-refractivity contribution in [3.8, 4) is 11.1 Å². The Balaban J connectivity index is 1.90. The number of hydrogen-bond acceptors (Lipinski definition) is 2. The second-order valence-electron chi connectivity index (χ2n) is 7.35. The zero-order valence-corrected chi connectivity index (χ0v) is 16.7. The van der Waals surface area contributed by atoms with Gasteiger partial charge in [-0.1, -0.05) is 63.2 Å². The van der Waals surface area contributed by atoms with Gasteiger partial charge >= 0.3 is 0 Å². The van der Waals surface area contributed by atoms with E-state index in [9.17, 15) is 0 Å². The smallest absolute Gasteiger partial charge is 0.192 e. The van der Waals surface area contributed by atoms with Crippen LogP contribution in [-0.2, 0) is 4.43 Å². The van der Waals surface area contributed by atoms with Crippen LogP contribution in [0.25, 0.3) is 11.1 Å². The molecule has 0 saturated carbocycles. The van der Waals surface area contributed by atoms with Crippen molar-refractivity contribution in [2.24, 2.45) is 0 Å². The molecule has 0 aliphatic carbocycles. The van der Waals surface area contributed by atoms with Crippen molar-refractivity contribution in [1.29, 1.82) is 0 Å². The van der Waals surface area contributed by atoms with Crippen molar-refractivity contribution >= 4 is 20.1 Å². The van der Waals surface area contributed by atoms with Gasteiger partial charge in [-0.05, 0) is 41.4 Å². The molecular formula is C20H28OSSi. The van der Waals surface area contributed by atoms with E-state index in [2.05, 4.69) is 88.5 Å². The van der Waals surface area contributed by atoms with Crippen LogP contribution in [0.15, 0.2) is 59.5 Å². The van der Waals surface area contributed by atoms with E-state index in [1.807, 2.05) is 11.8 Å². The average Bonchev–Trinajstić information content (AvgIpc) is 2.52. The van der Waals surface area contributed by atoms with Gasteiger partial charge in [-0.25, -0.2) is 0 Å². The Morgan fingerprint density at radius 3 is 2.22 bits per heavy atom. The van der Waals surface area contributed by atoms with E-state index >= 15 is 0 Å². The summed E-state index contributed by atoms with van der Waals surface area (Å²) >= 11 is 1.88. The molecule has 0 atom stereocenters. The van der Waals surface area contributed by atoms with Crippen LogP contribution in [0.3, 0.4) is 0 Å². The zero-order chi connectivity index (χ0) is 16.9. The van der Waals surface area contributed by atoms with Crippen molar-refractivity contribution in [2.45, 2.75) is 43.8 Å². The number of thioether (sulfide) groups is 1. The summed E-state index contributed by atoms with van der Waals surface area (Å²) in [5.74, 6) is 1.00. The largest absolute Gasteiger partial charge is 0.416 e. The molecule has 0 unspecified atom stereocenters. The minimum absolute atomic E-state index is 0.283. The molecule has 0 amide bonds. The average molecular weight is 345 g/mol. The van der Waals surface area contributed by atoms with Crippen LogP contribution in [0.1, 0.15) is 20.8 Å². The summed E-state index contributed by atoms with van der Waals surface area (Å²) in [6.45, 7) is 12.3. The number of rotatable bonds is 6. The van der Waals surface area contributed by atoms with Crippen LogP contribution < -0.4 is 0 Å². The van der Waals surface area contributed by atoms with Crippen LogP contribution >= 0.6 is 11.8 Å². The van der Waals surface area contributed by atoms with E-state index in [-0.39, 0.29) is 5.04 Å². The first-order chi connectivity index (χ1) is 10.8. The molecular weight excluding hydrogens is 316 g/mol. The molecule has 0 heterocycles. The fraction of sp³-hybridized carbons (Fsp3) is 0.400. The third kappa shape index (κ3) is 5.23. The Morgan fingerprint density at radius 1 is 0.913 bits per heavy atom. The van der Waals surface area contributed by atoms with Crippen molar-refractivity contribution in [1.82, 2.24) is 0 Å². The molecule has 0 spiro atoms. The highest BCUT2D eigenvalue weighted by atomic mass is 32.2. The molecule has 3 heteroatoms. The normalized spacial score (nSPS) is 12.4. The Labute approximate surface area is 146 Å². The molecule has 2 rings (SSSR count). The predicted molar refractivity (Wildman–Crippen MR) is 106 cm³/mol. The number of benzene rings is 2. The standard InChI is InChI=1S/C20H28OSSi/c1-20(2,3)23(4,5)21-14-15-22-19-13-9-12-18(16-19)17-10-7-6-8-11-17/h6-13,16H,14-15H2,1-5H3. The van der Waals surface area contributed by atoms with Crippen molar-refractivity contribution < 1.29 is 4.43 Å². The second kappa shape index (κ2) is 7.69. The maximum Gasteiger partial charge on any atom is 0.192 e. The lowest BCUT2D eigenvalue weighted by atomic mass is 10.1. The van der Waals surface area contributed by atoms with Crippen LogP contribution in [0.2, 0.25) is 18.1 Å². The first kappa shape index (κ1) is 18.3. The van der Waals surface area contributed by atoms with Gasteiger partial charge in [0.05, 0.1) is 0 Å². The van der Waals surface area contributed by atoms with E-state index in [4.69, 9.17) is 4.43 Å². The van der Waals surface area contributed by atoms with E-state index < -0.39 is 8.32 Å². The highest BCUT2D eigenvalue weighted by Crippen LogP contribution is 2.36. The molecule has 124 valence electrons. The first-order valence-corrected chi connectivity index (χ1v) is 12.1. The summed E-state index contributed by atoms with van der Waals surface area (Å²) in [5, 5.41) is 0.283. The lowest BCUT2D eigenvalue weighted by Crippen LogP contribution is -2.41. The van der Waals surface area contributed by atoms with E-state index in [0.717, 1.165) is 12.4 Å². The van der Waals surface area contributed by atoms with Gasteiger partial charge in [0.25, 0.3) is 0 Å². The minimum Gasteiger partial charge on any atom is -0.416 e. The van der Waals surface area contributed by atoms with Gasteiger partial charge < -0.3 is 4.43 Å². The van der Waals surface area contributed by atoms with Gasteiger partial charge in [0, 0.05) is 17.3 Å². The van der Waals surface area contributed by atoms with E-state index in [1.165, 1.54) is 16.0 Å². The highest BCUT2D eigenvalue weighted by molar-refractivity contribution is 7.99. The van der Waals surface area contributed by atoms with E-state index in [0.29, 0.717) is 0 Å². The Hall–Kier alpha value is -1.03. The molecule has 0 aliphatic heterocycles. The topological polar surface area (TPSA) is 9.23 Å². The summed E-state index contributed by atoms with van der Waals surface area (Å²) in [6.07, 6.45) is 0. The summed E-state index contributed by atoms with van der Waals surface area (Å²) in [6, 6.07) is 19.3. The summed E-state index contributed by atoms with van der Waals surface area (Å²) in [5.41, 5.74) is 2.55. The molecule has 2 aromatic rings. The fourth-order valence-electron chi connectivity index (χ4n) is 2.07. The summed E-state index contributed by atoms with van der Waals surface area (Å²) in [4.78, 5) is 1.31. The van der Waals surface area contributed by atoms with Gasteiger partial charge in [0.1, 0.15) is 0 Å². The molecule has 0 saturated heterocycles. The van der Waals surface area contributed by atoms with Crippen LogP contribution in [0, 0.1) is 0 Å². The summed E-state index contributed by atoms with van der Waals surface area (Å²) in [7, 11) is -1.62. The maximum atomic E-state index is 6.25. The fourth-order valence-corrected chi connectivity index (χ4v) is 4.05. The molecule has 0 aromatic heterocycles.